The Morgan fingerprint density at radius 3 is 2.44 bits per heavy atom. The quantitative estimate of drug-likeness (QED) is 0.741. The zero-order valence-electron chi connectivity index (χ0n) is 14.4. The van der Waals surface area contributed by atoms with Gasteiger partial charge in [-0.1, -0.05) is 6.07 Å². The van der Waals surface area contributed by atoms with Crippen molar-refractivity contribution in [2.75, 3.05) is 39.5 Å². The van der Waals surface area contributed by atoms with E-state index in [1.807, 2.05) is 0 Å². The number of benzene rings is 1. The Morgan fingerprint density at radius 1 is 1.28 bits per heavy atom. The number of imide groups is 1. The lowest BCUT2D eigenvalue weighted by Crippen LogP contribution is -2.38. The van der Waals surface area contributed by atoms with Gasteiger partial charge in [0.25, 0.3) is 5.91 Å². The third kappa shape index (κ3) is 3.80. The van der Waals surface area contributed by atoms with Crippen LogP contribution in [0.5, 0.6) is 0 Å². The molecule has 0 atom stereocenters. The minimum Gasteiger partial charge on any atom is -0.324 e. The number of carbonyl (C=O) groups is 3. The molecule has 10 heteroatoms. The van der Waals surface area contributed by atoms with Crippen molar-refractivity contribution in [3.63, 3.8) is 0 Å². The molecule has 1 aromatic carbocycles. The van der Waals surface area contributed by atoms with Crippen LogP contribution < -0.4 is 5.32 Å². The van der Waals surface area contributed by atoms with Crippen LogP contribution in [0.2, 0.25) is 0 Å². The van der Waals surface area contributed by atoms with Crippen molar-refractivity contribution in [2.45, 2.75) is 11.8 Å². The topological polar surface area (TPSA) is 107 Å². The summed E-state index contributed by atoms with van der Waals surface area (Å²) in [6, 6.07) is 3.94. The number of carbonyl (C=O) groups excluding carboxylic acids is 3. The van der Waals surface area contributed by atoms with E-state index in [1.54, 1.807) is 19.1 Å². The van der Waals surface area contributed by atoms with Crippen LogP contribution in [0.4, 0.5) is 10.5 Å². The minimum atomic E-state index is -3.66. The summed E-state index contributed by atoms with van der Waals surface area (Å²) in [7, 11) is 0.648. The standard InChI is InChI=1S/C15H20N4O5S/c1-10-5-6-11(7-12(10)25(23,24)17(2)3)16-13(20)8-19-14(21)9-18(4)15(19)22/h5-7H,8-9H2,1-4H3,(H,16,20). The van der Waals surface area contributed by atoms with Gasteiger partial charge < -0.3 is 10.2 Å². The van der Waals surface area contributed by atoms with E-state index in [0.717, 1.165) is 9.21 Å². The second kappa shape index (κ2) is 6.81. The van der Waals surface area contributed by atoms with Crippen LogP contribution in [0.25, 0.3) is 0 Å². The van der Waals surface area contributed by atoms with Crippen LogP contribution in [-0.4, -0.2) is 74.6 Å². The van der Waals surface area contributed by atoms with E-state index in [4.69, 9.17) is 0 Å². The Balaban J connectivity index is 2.17. The smallest absolute Gasteiger partial charge is 0.324 e. The number of anilines is 1. The molecule has 0 saturated carbocycles. The highest BCUT2D eigenvalue weighted by atomic mass is 32.2. The summed E-state index contributed by atoms with van der Waals surface area (Å²) in [6.45, 7) is 1.16. The molecular weight excluding hydrogens is 348 g/mol. The van der Waals surface area contributed by atoms with E-state index < -0.39 is 34.4 Å². The molecule has 0 unspecified atom stereocenters. The van der Waals surface area contributed by atoms with Crippen LogP contribution in [-0.2, 0) is 19.6 Å². The highest BCUT2D eigenvalue weighted by molar-refractivity contribution is 7.89. The number of hydrogen-bond acceptors (Lipinski definition) is 5. The molecule has 1 aromatic rings. The van der Waals surface area contributed by atoms with Crippen molar-refractivity contribution in [3.8, 4) is 0 Å². The molecule has 1 fully saturated rings. The van der Waals surface area contributed by atoms with Crippen molar-refractivity contribution >= 4 is 33.6 Å². The molecule has 0 aromatic heterocycles. The van der Waals surface area contributed by atoms with Crippen molar-refractivity contribution in [1.29, 1.82) is 0 Å². The fourth-order valence-electron chi connectivity index (χ4n) is 2.32. The molecule has 1 heterocycles. The van der Waals surface area contributed by atoms with Gasteiger partial charge in [-0.2, -0.15) is 0 Å². The molecule has 4 amide bonds. The molecule has 136 valence electrons. The van der Waals surface area contributed by atoms with Crippen molar-refractivity contribution in [1.82, 2.24) is 14.1 Å². The number of likely N-dealkylation sites (N-methyl/N-ethyl adjacent to an activating group) is 1. The van der Waals surface area contributed by atoms with Gasteiger partial charge in [0, 0.05) is 26.8 Å². The van der Waals surface area contributed by atoms with Gasteiger partial charge in [-0.3, -0.25) is 14.5 Å². The van der Waals surface area contributed by atoms with Gasteiger partial charge in [0.2, 0.25) is 15.9 Å². The van der Waals surface area contributed by atoms with E-state index in [1.165, 1.54) is 32.1 Å². The zero-order chi connectivity index (χ0) is 18.9. The first kappa shape index (κ1) is 18.9. The Labute approximate surface area is 146 Å². The number of urea groups is 1. The number of hydrogen-bond donors (Lipinski definition) is 1. The van der Waals surface area contributed by atoms with Gasteiger partial charge in [0.05, 0.1) is 4.90 Å². The molecule has 25 heavy (non-hydrogen) atoms. The molecule has 1 N–H and O–H groups in total. The first-order valence-electron chi connectivity index (χ1n) is 7.42. The SMILES string of the molecule is Cc1ccc(NC(=O)CN2C(=O)CN(C)C2=O)cc1S(=O)(=O)N(C)C. The Kier molecular flexibility index (Phi) is 5.14. The largest absolute Gasteiger partial charge is 0.327 e. The Bertz CT molecular complexity index is 834. The summed E-state index contributed by atoms with van der Waals surface area (Å²) < 4.78 is 25.7. The maximum absolute atomic E-state index is 12.3. The van der Waals surface area contributed by atoms with Crippen LogP contribution in [0.3, 0.4) is 0 Å². The number of nitrogens with zero attached hydrogens (tertiary/aromatic N) is 3. The van der Waals surface area contributed by atoms with Gasteiger partial charge >= 0.3 is 6.03 Å². The lowest BCUT2D eigenvalue weighted by molar-refractivity contribution is -0.129. The van der Waals surface area contributed by atoms with E-state index in [0.29, 0.717) is 5.56 Å². The maximum atomic E-state index is 12.3. The highest BCUT2D eigenvalue weighted by Gasteiger charge is 2.34. The van der Waals surface area contributed by atoms with Crippen molar-refractivity contribution in [3.05, 3.63) is 23.8 Å². The maximum Gasteiger partial charge on any atom is 0.327 e. The lowest BCUT2D eigenvalue weighted by Gasteiger charge is -2.16. The third-order valence-corrected chi connectivity index (χ3v) is 5.72. The van der Waals surface area contributed by atoms with Crippen LogP contribution in [0, 0.1) is 6.92 Å². The van der Waals surface area contributed by atoms with Crippen LogP contribution in [0.15, 0.2) is 23.1 Å². The number of nitrogens with one attached hydrogen (secondary N) is 1. The molecular formula is C15H20N4O5S. The molecule has 0 spiro atoms. The zero-order valence-corrected chi connectivity index (χ0v) is 15.3. The fourth-order valence-corrected chi connectivity index (χ4v) is 3.47. The van der Waals surface area contributed by atoms with E-state index in [-0.39, 0.29) is 17.1 Å². The Morgan fingerprint density at radius 2 is 1.92 bits per heavy atom. The van der Waals surface area contributed by atoms with Gasteiger partial charge in [-0.05, 0) is 24.6 Å². The predicted molar refractivity (Wildman–Crippen MR) is 90.4 cm³/mol. The first-order chi connectivity index (χ1) is 11.5. The molecule has 1 aliphatic rings. The van der Waals surface area contributed by atoms with E-state index >= 15 is 0 Å². The normalized spacial score (nSPS) is 15.2. The van der Waals surface area contributed by atoms with Gasteiger partial charge in [-0.15, -0.1) is 0 Å². The highest BCUT2D eigenvalue weighted by Crippen LogP contribution is 2.22. The summed E-state index contributed by atoms with van der Waals surface area (Å²) in [5.41, 5.74) is 0.807. The fraction of sp³-hybridized carbons (Fsp3) is 0.400. The molecule has 2 rings (SSSR count). The third-order valence-electron chi connectivity index (χ3n) is 3.76. The van der Waals surface area contributed by atoms with Gasteiger partial charge in [-0.25, -0.2) is 17.5 Å². The second-order valence-corrected chi connectivity index (χ2v) is 8.05. The molecule has 1 aliphatic heterocycles. The number of amides is 4. The molecule has 0 radical (unpaired) electrons. The van der Waals surface area contributed by atoms with Crippen LogP contribution >= 0.6 is 0 Å². The summed E-state index contributed by atoms with van der Waals surface area (Å²) in [4.78, 5) is 37.7. The van der Waals surface area contributed by atoms with Crippen molar-refractivity contribution in [2.24, 2.45) is 0 Å². The molecule has 0 bridgehead atoms. The van der Waals surface area contributed by atoms with Crippen LogP contribution in [0.1, 0.15) is 5.56 Å². The monoisotopic (exact) mass is 368 g/mol. The number of sulfonamides is 1. The summed E-state index contributed by atoms with van der Waals surface area (Å²) in [5.74, 6) is -1.04. The number of rotatable bonds is 5. The first-order valence-corrected chi connectivity index (χ1v) is 8.86. The minimum absolute atomic E-state index is 0.0676. The Hall–Kier alpha value is -2.46. The van der Waals surface area contributed by atoms with E-state index in [9.17, 15) is 22.8 Å². The number of aryl methyl sites for hydroxylation is 1. The molecule has 0 aliphatic carbocycles. The average molecular weight is 368 g/mol. The van der Waals surface area contributed by atoms with E-state index in [2.05, 4.69) is 5.32 Å². The van der Waals surface area contributed by atoms with Gasteiger partial charge in [0.1, 0.15) is 13.1 Å². The summed E-state index contributed by atoms with van der Waals surface area (Å²) in [5, 5.41) is 2.52. The van der Waals surface area contributed by atoms with Gasteiger partial charge in [0.15, 0.2) is 0 Å². The second-order valence-electron chi connectivity index (χ2n) is 5.93. The summed E-state index contributed by atoms with van der Waals surface area (Å²) in [6.07, 6.45) is 0. The van der Waals surface area contributed by atoms with Crippen molar-refractivity contribution < 1.29 is 22.8 Å². The average Bonchev–Trinajstić information content (AvgIpc) is 2.75. The predicted octanol–water partition coefficient (Wildman–Crippen LogP) is 0.0778. The lowest BCUT2D eigenvalue weighted by atomic mass is 10.2. The molecule has 9 nitrogen and oxygen atoms in total. The summed E-state index contributed by atoms with van der Waals surface area (Å²) >= 11 is 0. The molecule has 1 saturated heterocycles.